The van der Waals surface area contributed by atoms with E-state index in [-0.39, 0.29) is 0 Å². The first kappa shape index (κ1) is 13.4. The van der Waals surface area contributed by atoms with Crippen molar-refractivity contribution in [2.45, 2.75) is 13.5 Å². The van der Waals surface area contributed by atoms with E-state index < -0.39 is 0 Å². The summed E-state index contributed by atoms with van der Waals surface area (Å²) in [6.45, 7) is 2.86. The highest BCUT2D eigenvalue weighted by atomic mass is 15.1. The van der Waals surface area contributed by atoms with E-state index in [2.05, 4.69) is 47.3 Å². The van der Waals surface area contributed by atoms with Crippen molar-refractivity contribution in [2.24, 2.45) is 0 Å². The van der Waals surface area contributed by atoms with Crippen molar-refractivity contribution in [1.82, 2.24) is 4.98 Å². The predicted octanol–water partition coefficient (Wildman–Crippen LogP) is 3.76. The molecule has 106 valence electrons. The highest BCUT2D eigenvalue weighted by Crippen LogP contribution is 2.23. The topological polar surface area (TPSA) is 42.1 Å². The number of anilines is 2. The molecule has 0 fully saturated rings. The number of hydrogen-bond acceptors (Lipinski definition) is 3. The standard InChI is InChI=1S/C18H19N3/c1-13-10-14(17-8-3-4-9-18(17)20-13)12-21(2)16-7-5-6-15(19)11-16/h3-11H,12,19H2,1-2H3. The Morgan fingerprint density at radius 1 is 1.05 bits per heavy atom. The number of benzene rings is 2. The lowest BCUT2D eigenvalue weighted by Gasteiger charge is -2.21. The zero-order valence-corrected chi connectivity index (χ0v) is 12.4. The third-order valence-corrected chi connectivity index (χ3v) is 3.65. The zero-order valence-electron chi connectivity index (χ0n) is 12.4. The van der Waals surface area contributed by atoms with Crippen LogP contribution in [0, 0.1) is 6.92 Å². The van der Waals surface area contributed by atoms with Gasteiger partial charge in [-0.3, -0.25) is 4.98 Å². The van der Waals surface area contributed by atoms with Crippen LogP contribution in [0.2, 0.25) is 0 Å². The Balaban J connectivity index is 1.98. The number of nitrogens with zero attached hydrogens (tertiary/aromatic N) is 2. The Hall–Kier alpha value is -2.55. The fraction of sp³-hybridized carbons (Fsp3) is 0.167. The summed E-state index contributed by atoms with van der Waals surface area (Å²) in [5.41, 5.74) is 11.2. The number of rotatable bonds is 3. The van der Waals surface area contributed by atoms with Crippen molar-refractivity contribution in [3.63, 3.8) is 0 Å². The van der Waals surface area contributed by atoms with Crippen LogP contribution in [0.4, 0.5) is 11.4 Å². The number of nitrogens with two attached hydrogens (primary N) is 1. The van der Waals surface area contributed by atoms with Crippen LogP contribution < -0.4 is 10.6 Å². The molecule has 0 amide bonds. The maximum absolute atomic E-state index is 5.87. The molecule has 0 bridgehead atoms. The summed E-state index contributed by atoms with van der Waals surface area (Å²) in [6.07, 6.45) is 0. The van der Waals surface area contributed by atoms with Crippen LogP contribution in [0.3, 0.4) is 0 Å². The van der Waals surface area contributed by atoms with Crippen LogP contribution in [0.15, 0.2) is 54.6 Å². The number of para-hydroxylation sites is 1. The fourth-order valence-electron chi connectivity index (χ4n) is 2.63. The van der Waals surface area contributed by atoms with Crippen molar-refractivity contribution in [3.8, 4) is 0 Å². The highest BCUT2D eigenvalue weighted by molar-refractivity contribution is 5.82. The average molecular weight is 277 g/mol. The van der Waals surface area contributed by atoms with Gasteiger partial charge in [0, 0.05) is 36.0 Å². The van der Waals surface area contributed by atoms with Gasteiger partial charge in [0.25, 0.3) is 0 Å². The lowest BCUT2D eigenvalue weighted by atomic mass is 10.1. The third kappa shape index (κ3) is 2.82. The van der Waals surface area contributed by atoms with E-state index in [9.17, 15) is 0 Å². The van der Waals surface area contributed by atoms with Gasteiger partial charge in [0.1, 0.15) is 0 Å². The van der Waals surface area contributed by atoms with Gasteiger partial charge in [-0.1, -0.05) is 24.3 Å². The van der Waals surface area contributed by atoms with Gasteiger partial charge in [-0.15, -0.1) is 0 Å². The molecular weight excluding hydrogens is 258 g/mol. The average Bonchev–Trinajstić information content (AvgIpc) is 2.47. The minimum atomic E-state index is 0.787. The first-order valence-electron chi connectivity index (χ1n) is 7.05. The molecular formula is C18H19N3. The molecule has 3 heteroatoms. The molecule has 0 radical (unpaired) electrons. The molecule has 0 aliphatic carbocycles. The Bertz CT molecular complexity index is 780. The van der Waals surface area contributed by atoms with Crippen LogP contribution >= 0.6 is 0 Å². The van der Waals surface area contributed by atoms with Gasteiger partial charge < -0.3 is 10.6 Å². The number of aromatic nitrogens is 1. The van der Waals surface area contributed by atoms with Crippen molar-refractivity contribution < 1.29 is 0 Å². The van der Waals surface area contributed by atoms with Gasteiger partial charge in [-0.05, 0) is 42.8 Å². The lowest BCUT2D eigenvalue weighted by molar-refractivity contribution is 0.926. The van der Waals surface area contributed by atoms with Crippen LogP contribution in [-0.2, 0) is 6.54 Å². The second-order valence-corrected chi connectivity index (χ2v) is 5.39. The summed E-state index contributed by atoms with van der Waals surface area (Å²) in [5.74, 6) is 0. The molecule has 3 nitrogen and oxygen atoms in total. The number of hydrogen-bond donors (Lipinski definition) is 1. The Morgan fingerprint density at radius 3 is 2.67 bits per heavy atom. The molecule has 0 saturated heterocycles. The molecule has 0 saturated carbocycles. The quantitative estimate of drug-likeness (QED) is 0.741. The normalized spacial score (nSPS) is 10.8. The Kier molecular flexibility index (Phi) is 3.48. The van der Waals surface area contributed by atoms with Crippen LogP contribution in [0.5, 0.6) is 0 Å². The minimum Gasteiger partial charge on any atom is -0.399 e. The lowest BCUT2D eigenvalue weighted by Crippen LogP contribution is -2.17. The monoisotopic (exact) mass is 277 g/mol. The molecule has 1 aromatic heterocycles. The first-order valence-corrected chi connectivity index (χ1v) is 7.05. The smallest absolute Gasteiger partial charge is 0.0708 e. The van der Waals surface area contributed by atoms with Crippen molar-refractivity contribution >= 4 is 22.3 Å². The van der Waals surface area contributed by atoms with Gasteiger partial charge >= 0.3 is 0 Å². The summed E-state index contributed by atoms with van der Waals surface area (Å²) in [7, 11) is 2.08. The summed E-state index contributed by atoms with van der Waals surface area (Å²) >= 11 is 0. The second kappa shape index (κ2) is 5.44. The molecule has 2 N–H and O–H groups in total. The summed E-state index contributed by atoms with van der Waals surface area (Å²) in [6, 6.07) is 18.4. The van der Waals surface area contributed by atoms with E-state index in [1.54, 1.807) is 0 Å². The van der Waals surface area contributed by atoms with E-state index in [1.807, 2.05) is 31.2 Å². The van der Waals surface area contributed by atoms with Crippen molar-refractivity contribution in [1.29, 1.82) is 0 Å². The van der Waals surface area contributed by atoms with E-state index in [1.165, 1.54) is 10.9 Å². The molecule has 0 atom stereocenters. The highest BCUT2D eigenvalue weighted by Gasteiger charge is 2.07. The van der Waals surface area contributed by atoms with Gasteiger partial charge in [-0.25, -0.2) is 0 Å². The fourth-order valence-corrected chi connectivity index (χ4v) is 2.63. The zero-order chi connectivity index (χ0) is 14.8. The van der Waals surface area contributed by atoms with Crippen molar-refractivity contribution in [3.05, 3.63) is 65.9 Å². The summed E-state index contributed by atoms with van der Waals surface area (Å²) < 4.78 is 0. The van der Waals surface area contributed by atoms with Crippen LogP contribution in [0.1, 0.15) is 11.3 Å². The Labute approximate surface area is 125 Å². The van der Waals surface area contributed by atoms with Gasteiger partial charge in [-0.2, -0.15) is 0 Å². The summed E-state index contributed by atoms with van der Waals surface area (Å²) in [5, 5.41) is 1.21. The number of pyridine rings is 1. The van der Waals surface area contributed by atoms with E-state index >= 15 is 0 Å². The molecule has 2 aromatic carbocycles. The molecule has 3 rings (SSSR count). The third-order valence-electron chi connectivity index (χ3n) is 3.65. The maximum atomic E-state index is 5.87. The summed E-state index contributed by atoms with van der Waals surface area (Å²) in [4.78, 5) is 6.80. The van der Waals surface area contributed by atoms with Crippen molar-refractivity contribution in [2.75, 3.05) is 17.7 Å². The number of nitrogen functional groups attached to an aromatic ring is 1. The Morgan fingerprint density at radius 2 is 1.86 bits per heavy atom. The molecule has 1 heterocycles. The second-order valence-electron chi connectivity index (χ2n) is 5.39. The molecule has 0 unspecified atom stereocenters. The van der Waals surface area contributed by atoms with E-state index in [0.29, 0.717) is 0 Å². The van der Waals surface area contributed by atoms with Gasteiger partial charge in [0.15, 0.2) is 0 Å². The van der Waals surface area contributed by atoms with Gasteiger partial charge in [0.05, 0.1) is 5.52 Å². The molecule has 3 aromatic rings. The minimum absolute atomic E-state index is 0.787. The molecule has 0 aliphatic heterocycles. The maximum Gasteiger partial charge on any atom is 0.0708 e. The first-order chi connectivity index (χ1) is 10.1. The van der Waals surface area contributed by atoms with Crippen LogP contribution in [0.25, 0.3) is 10.9 Å². The molecule has 21 heavy (non-hydrogen) atoms. The SMILES string of the molecule is Cc1cc(CN(C)c2cccc(N)c2)c2ccccc2n1. The predicted molar refractivity (Wildman–Crippen MR) is 89.4 cm³/mol. The molecule has 0 aliphatic rings. The van der Waals surface area contributed by atoms with Gasteiger partial charge in [0.2, 0.25) is 0 Å². The number of fused-ring (bicyclic) bond motifs is 1. The number of aryl methyl sites for hydroxylation is 1. The van der Waals surface area contributed by atoms with E-state index in [0.717, 1.165) is 29.1 Å². The largest absolute Gasteiger partial charge is 0.399 e. The van der Waals surface area contributed by atoms with Crippen LogP contribution in [-0.4, -0.2) is 12.0 Å². The molecule has 0 spiro atoms. The van der Waals surface area contributed by atoms with E-state index in [4.69, 9.17) is 5.73 Å².